The van der Waals surface area contributed by atoms with Crippen LogP contribution in [0, 0.1) is 0 Å². The van der Waals surface area contributed by atoms with Crippen LogP contribution in [-0.2, 0) is 13.8 Å². The van der Waals surface area contributed by atoms with Gasteiger partial charge in [0, 0.05) is 0 Å². The molecule has 4 N–H and O–H groups in total. The summed E-state index contributed by atoms with van der Waals surface area (Å²) in [7, 11) is -4.87. The fraction of sp³-hybridized carbons (Fsp3) is 1.00. The van der Waals surface area contributed by atoms with Gasteiger partial charge in [-0.15, -0.1) is 0 Å². The van der Waals surface area contributed by atoms with Crippen LogP contribution in [0.2, 0.25) is 0 Å². The van der Waals surface area contributed by atoms with Gasteiger partial charge in [-0.25, -0.2) is 8.96 Å². The molecule has 0 unspecified atom stereocenters. The molecule has 0 bridgehead atoms. The average Bonchev–Trinajstić information content (AvgIpc) is 2.30. The number of hydrogen-bond acceptors (Lipinski definition) is 5. The number of rotatable bonds is 3. The highest BCUT2D eigenvalue weighted by Crippen LogP contribution is 2.41. The smallest absolute Gasteiger partial charge is 0.394 e. The molecule has 9 heteroatoms. The summed E-state index contributed by atoms with van der Waals surface area (Å²) in [4.78, 5) is 16.7. The third-order valence-electron chi connectivity index (χ3n) is 1.70. The van der Waals surface area contributed by atoms with Crippen molar-refractivity contribution in [2.24, 2.45) is 0 Å². The Morgan fingerprint density at radius 1 is 1.50 bits per heavy atom. The van der Waals surface area contributed by atoms with E-state index in [2.05, 4.69) is 9.26 Å². The lowest BCUT2D eigenvalue weighted by molar-refractivity contribution is -0.114. The van der Waals surface area contributed by atoms with Crippen molar-refractivity contribution in [3.63, 3.8) is 0 Å². The fourth-order valence-corrected chi connectivity index (χ4v) is 1.50. The second-order valence-corrected chi connectivity index (χ2v) is 3.95. The van der Waals surface area contributed by atoms with Gasteiger partial charge in [-0.3, -0.25) is 4.52 Å². The lowest BCUT2D eigenvalue weighted by Crippen LogP contribution is -2.31. The van der Waals surface area contributed by atoms with Gasteiger partial charge in [0.2, 0.25) is 6.29 Å². The molecule has 1 aliphatic heterocycles. The molecule has 0 aromatic rings. The lowest BCUT2D eigenvalue weighted by atomic mass is 10.2. The Kier molecular flexibility index (Phi) is 3.59. The van der Waals surface area contributed by atoms with Gasteiger partial charge in [-0.1, -0.05) is 0 Å². The van der Waals surface area contributed by atoms with E-state index in [0.29, 0.717) is 0 Å². The third kappa shape index (κ3) is 2.71. The van der Waals surface area contributed by atoms with Gasteiger partial charge in [-0.2, -0.15) is 0 Å². The normalized spacial score (nSPS) is 38.9. The molecule has 84 valence electrons. The number of halogens is 1. The fourth-order valence-electron chi connectivity index (χ4n) is 1.06. The van der Waals surface area contributed by atoms with Crippen LogP contribution in [0.4, 0.5) is 4.39 Å². The number of aliphatic hydroxyl groups is 2. The van der Waals surface area contributed by atoms with Gasteiger partial charge < -0.3 is 24.7 Å². The van der Waals surface area contributed by atoms with Crippen LogP contribution in [0.1, 0.15) is 0 Å². The molecule has 4 atom stereocenters. The van der Waals surface area contributed by atoms with Crippen LogP contribution in [0.3, 0.4) is 0 Å². The Bertz CT molecular complexity index is 242. The molecule has 1 heterocycles. The molecule has 7 nitrogen and oxygen atoms in total. The summed E-state index contributed by atoms with van der Waals surface area (Å²) in [6.45, 7) is -0.664. The molecular weight excluding hydrogens is 222 g/mol. The molecule has 0 amide bonds. The van der Waals surface area contributed by atoms with Gasteiger partial charge in [0.15, 0.2) is 6.17 Å². The lowest BCUT2D eigenvalue weighted by Gasteiger charge is -2.13. The second-order valence-electron chi connectivity index (χ2n) is 2.76. The first-order chi connectivity index (χ1) is 6.35. The Hall–Kier alpha value is -0.0800. The third-order valence-corrected chi connectivity index (χ3v) is 2.18. The number of phosphoric ester groups is 1. The molecule has 0 radical (unpaired) electrons. The largest absolute Gasteiger partial charge is 0.472 e. The molecule has 1 aliphatic rings. The Morgan fingerprint density at radius 2 is 2.07 bits per heavy atom. The van der Waals surface area contributed by atoms with Crippen molar-refractivity contribution in [1.29, 1.82) is 0 Å². The van der Waals surface area contributed by atoms with E-state index in [-0.39, 0.29) is 0 Å². The van der Waals surface area contributed by atoms with Gasteiger partial charge >= 0.3 is 7.82 Å². The second kappa shape index (κ2) is 4.19. The van der Waals surface area contributed by atoms with Crippen molar-refractivity contribution >= 4 is 7.82 Å². The molecule has 0 aromatic heterocycles. The summed E-state index contributed by atoms with van der Waals surface area (Å²) in [6.07, 6.45) is -6.85. The van der Waals surface area contributed by atoms with Crippen molar-refractivity contribution in [2.45, 2.75) is 24.7 Å². The molecule has 1 fully saturated rings. The quantitative estimate of drug-likeness (QED) is 0.438. The van der Waals surface area contributed by atoms with Crippen LogP contribution >= 0.6 is 7.82 Å². The summed E-state index contributed by atoms with van der Waals surface area (Å²) in [5, 5.41) is 17.6. The van der Waals surface area contributed by atoms with Crippen molar-refractivity contribution in [1.82, 2.24) is 0 Å². The van der Waals surface area contributed by atoms with Crippen LogP contribution < -0.4 is 0 Å². The molecule has 0 aliphatic carbocycles. The molecular formula is C5H10FO7P. The maximum absolute atomic E-state index is 13.0. The van der Waals surface area contributed by atoms with E-state index >= 15 is 0 Å². The van der Waals surface area contributed by atoms with E-state index in [4.69, 9.17) is 20.0 Å². The van der Waals surface area contributed by atoms with Crippen LogP contribution in [0.25, 0.3) is 0 Å². The molecule has 0 saturated carbocycles. The maximum atomic E-state index is 13.0. The SMILES string of the molecule is O=P(O)(O)O[C@H]1O[C@H](CO)[C@H](O)[C@@H]1F. The van der Waals surface area contributed by atoms with Crippen molar-refractivity contribution < 1.29 is 38.2 Å². The zero-order valence-corrected chi connectivity index (χ0v) is 7.75. The number of phosphoric acid groups is 1. The number of ether oxygens (including phenoxy) is 1. The molecule has 1 saturated heterocycles. The zero-order chi connectivity index (χ0) is 10.9. The highest BCUT2D eigenvalue weighted by Gasteiger charge is 2.47. The first kappa shape index (κ1) is 12.0. The van der Waals surface area contributed by atoms with Crippen LogP contribution in [-0.4, -0.2) is 51.3 Å². The average molecular weight is 232 g/mol. The minimum absolute atomic E-state index is 0.664. The zero-order valence-electron chi connectivity index (χ0n) is 6.86. The molecule has 0 spiro atoms. The van der Waals surface area contributed by atoms with Crippen molar-refractivity contribution in [2.75, 3.05) is 6.61 Å². The first-order valence-electron chi connectivity index (χ1n) is 3.67. The molecule has 0 aromatic carbocycles. The Balaban J connectivity index is 2.61. The molecule has 14 heavy (non-hydrogen) atoms. The summed E-state index contributed by atoms with van der Waals surface area (Å²) >= 11 is 0. The van der Waals surface area contributed by atoms with Gasteiger partial charge in [0.1, 0.15) is 12.2 Å². The Morgan fingerprint density at radius 3 is 2.43 bits per heavy atom. The van der Waals surface area contributed by atoms with Crippen LogP contribution in [0.5, 0.6) is 0 Å². The summed E-state index contributed by atoms with van der Waals surface area (Å²) < 4.78 is 31.7. The van der Waals surface area contributed by atoms with Crippen LogP contribution in [0.15, 0.2) is 0 Å². The number of aliphatic hydroxyl groups excluding tert-OH is 2. The first-order valence-corrected chi connectivity index (χ1v) is 5.20. The minimum Gasteiger partial charge on any atom is -0.394 e. The van der Waals surface area contributed by atoms with Crippen molar-refractivity contribution in [3.8, 4) is 0 Å². The standard InChI is InChI=1S/C5H10FO7P/c6-3-4(8)2(1-7)12-5(3)13-14(9,10)11/h2-5,7-8H,1H2,(H2,9,10,11)/t2-,3+,4+,5-/m1/s1. The minimum atomic E-state index is -4.87. The van der Waals surface area contributed by atoms with E-state index in [1.165, 1.54) is 0 Å². The topological polar surface area (TPSA) is 116 Å². The van der Waals surface area contributed by atoms with Gasteiger partial charge in [0.05, 0.1) is 6.61 Å². The predicted molar refractivity (Wildman–Crippen MR) is 39.8 cm³/mol. The summed E-state index contributed by atoms with van der Waals surface area (Å²) in [5.74, 6) is 0. The van der Waals surface area contributed by atoms with Gasteiger partial charge in [-0.05, 0) is 0 Å². The Labute approximate surface area is 78.3 Å². The van der Waals surface area contributed by atoms with Gasteiger partial charge in [0.25, 0.3) is 0 Å². The van der Waals surface area contributed by atoms with Crippen molar-refractivity contribution in [3.05, 3.63) is 0 Å². The molecule has 1 rings (SSSR count). The number of hydrogen-bond donors (Lipinski definition) is 4. The summed E-state index contributed by atoms with van der Waals surface area (Å²) in [5.41, 5.74) is 0. The van der Waals surface area contributed by atoms with E-state index in [1.807, 2.05) is 0 Å². The highest BCUT2D eigenvalue weighted by molar-refractivity contribution is 7.46. The van der Waals surface area contributed by atoms with E-state index < -0.39 is 39.1 Å². The van der Waals surface area contributed by atoms with E-state index in [9.17, 15) is 8.96 Å². The van der Waals surface area contributed by atoms with E-state index in [1.54, 1.807) is 0 Å². The predicted octanol–water partition coefficient (Wildman–Crippen LogP) is -1.49. The number of alkyl halides is 1. The highest BCUT2D eigenvalue weighted by atomic mass is 31.2. The van der Waals surface area contributed by atoms with E-state index in [0.717, 1.165) is 0 Å². The summed E-state index contributed by atoms with van der Waals surface area (Å²) in [6, 6.07) is 0. The monoisotopic (exact) mass is 232 g/mol. The maximum Gasteiger partial charge on any atom is 0.472 e.